The molecular formula is C38H48ClN7O4S. The lowest BCUT2D eigenvalue weighted by Gasteiger charge is -2.34. The van der Waals surface area contributed by atoms with Crippen LogP contribution in [0.15, 0.2) is 65.4 Å². The number of halogens is 1. The minimum Gasteiger partial charge on any atom is -0.491 e. The van der Waals surface area contributed by atoms with Crippen LogP contribution in [0.1, 0.15) is 61.5 Å². The Balaban J connectivity index is 1.44. The average molecular weight is 734 g/mol. The molecule has 0 saturated carbocycles. The molecule has 6 rings (SSSR count). The van der Waals surface area contributed by atoms with Crippen molar-refractivity contribution in [1.29, 1.82) is 0 Å². The number of amides is 1. The van der Waals surface area contributed by atoms with E-state index in [2.05, 4.69) is 57.5 Å². The molecule has 51 heavy (non-hydrogen) atoms. The van der Waals surface area contributed by atoms with Gasteiger partial charge in [-0.05, 0) is 84.2 Å². The largest absolute Gasteiger partial charge is 0.491 e. The molecule has 0 saturated heterocycles. The topological polar surface area (TPSA) is 129 Å². The van der Waals surface area contributed by atoms with Crippen molar-refractivity contribution in [3.63, 3.8) is 0 Å². The Labute approximate surface area is 307 Å². The van der Waals surface area contributed by atoms with E-state index >= 15 is 0 Å². The van der Waals surface area contributed by atoms with Gasteiger partial charge in [-0.1, -0.05) is 61.5 Å². The van der Waals surface area contributed by atoms with E-state index in [9.17, 15) is 9.00 Å². The van der Waals surface area contributed by atoms with Gasteiger partial charge in [0.15, 0.2) is 0 Å². The summed E-state index contributed by atoms with van der Waals surface area (Å²) in [4.78, 5) is 20.7. The van der Waals surface area contributed by atoms with E-state index in [4.69, 9.17) is 26.8 Å². The standard InChI is InChI=1S/C38H47ClN7O4S/c1-24-9-8-11-33(49-5)26(3)25(2)19-45-20-29-12-14-30(39)17-27(29)10-6-7-16-50-34-15-13-28(18-32(34)45)38(47)43-51(48)35(24)22-46-23-41-37-31(36(46)40)21-44(4)42-37/h8,11-15,17-18,21,23-26,33,35,40H,6-7,9-10,16,19-20,22H2,1-5H3/q-1/p+1/b11-8+/t24-,25-,26+,33-,35+/m0/s1. The Morgan fingerprint density at radius 1 is 1.12 bits per heavy atom. The molecule has 2 aliphatic rings. The number of ether oxygens (including phenoxy) is 2. The fourth-order valence-corrected chi connectivity index (χ4v) is 8.41. The molecule has 13 heteroatoms. The third kappa shape index (κ3) is 8.39. The molecule has 4 aromatic rings. The lowest BCUT2D eigenvalue weighted by atomic mass is 9.88. The number of fused-ring (bicyclic) bond motifs is 3. The van der Waals surface area contributed by atoms with Gasteiger partial charge in [0.25, 0.3) is 11.6 Å². The summed E-state index contributed by atoms with van der Waals surface area (Å²) >= 11 is 6.46. The van der Waals surface area contributed by atoms with Crippen LogP contribution in [0, 0.1) is 17.8 Å². The van der Waals surface area contributed by atoms with Crippen LogP contribution in [-0.4, -0.2) is 52.3 Å². The highest BCUT2D eigenvalue weighted by molar-refractivity contribution is 7.75. The minimum absolute atomic E-state index is 0.127. The van der Waals surface area contributed by atoms with E-state index in [-0.39, 0.29) is 30.4 Å². The Bertz CT molecular complexity index is 2010. The summed E-state index contributed by atoms with van der Waals surface area (Å²) in [6.45, 7) is 8.55. The molecule has 0 aliphatic carbocycles. The summed E-state index contributed by atoms with van der Waals surface area (Å²) < 4.78 is 34.3. The number of carbonyl (C=O) groups is 1. The number of nitrogen functional groups attached to an aromatic ring is 1. The first-order chi connectivity index (χ1) is 24.5. The summed E-state index contributed by atoms with van der Waals surface area (Å²) in [5.74, 6) is 0.833. The maximum absolute atomic E-state index is 14.1. The molecule has 0 unspecified atom stereocenters. The van der Waals surface area contributed by atoms with Crippen LogP contribution >= 0.6 is 11.6 Å². The van der Waals surface area contributed by atoms with Gasteiger partial charge in [0.2, 0.25) is 12.1 Å². The number of anilines is 2. The Morgan fingerprint density at radius 3 is 2.75 bits per heavy atom. The van der Waals surface area contributed by atoms with Crippen LogP contribution in [0.3, 0.4) is 0 Å². The van der Waals surface area contributed by atoms with E-state index in [1.54, 1.807) is 28.8 Å². The van der Waals surface area contributed by atoms with Crippen LogP contribution in [0.4, 0.5) is 11.5 Å². The van der Waals surface area contributed by atoms with Crippen LogP contribution in [0.5, 0.6) is 5.75 Å². The first-order valence-corrected chi connectivity index (χ1v) is 19.2. The lowest BCUT2D eigenvalue weighted by molar-refractivity contribution is -0.684. The summed E-state index contributed by atoms with van der Waals surface area (Å²) in [7, 11) is 1.65. The van der Waals surface area contributed by atoms with Crippen molar-refractivity contribution in [2.24, 2.45) is 29.2 Å². The maximum atomic E-state index is 14.1. The van der Waals surface area contributed by atoms with Crippen molar-refractivity contribution < 1.29 is 23.0 Å². The van der Waals surface area contributed by atoms with Gasteiger partial charge in [-0.2, -0.15) is 10.6 Å². The summed E-state index contributed by atoms with van der Waals surface area (Å²) in [5, 5.41) is 5.23. The molecule has 4 heterocycles. The quantitative estimate of drug-likeness (QED) is 0.145. The van der Waals surface area contributed by atoms with Gasteiger partial charge in [0, 0.05) is 44.0 Å². The zero-order valence-corrected chi connectivity index (χ0v) is 31.6. The third-order valence-electron chi connectivity index (χ3n) is 10.4. The van der Waals surface area contributed by atoms with Crippen LogP contribution in [0.25, 0.3) is 11.0 Å². The van der Waals surface area contributed by atoms with Crippen LogP contribution in [0.2, 0.25) is 5.02 Å². The highest BCUT2D eigenvalue weighted by atomic mass is 35.5. The summed E-state index contributed by atoms with van der Waals surface area (Å²) in [6, 6.07) is 11.5. The van der Waals surface area contributed by atoms with Crippen molar-refractivity contribution in [3.05, 3.63) is 82.8 Å². The number of hydrogen-bond acceptors (Lipinski definition) is 9. The smallest absolute Gasteiger partial charge is 0.260 e. The van der Waals surface area contributed by atoms with Crippen molar-refractivity contribution >= 4 is 50.6 Å². The second kappa shape index (κ2) is 16.1. The van der Waals surface area contributed by atoms with Crippen molar-refractivity contribution in [3.8, 4) is 5.75 Å². The Hall–Kier alpha value is -4.00. The maximum Gasteiger partial charge on any atom is 0.260 e. The number of methoxy groups -OCH3 is 1. The van der Waals surface area contributed by atoms with E-state index in [1.165, 1.54) is 11.1 Å². The number of nitrogens with zero attached hydrogens (tertiary/aromatic N) is 6. The molecule has 5 atom stereocenters. The zero-order valence-electron chi connectivity index (χ0n) is 30.0. The lowest BCUT2D eigenvalue weighted by Crippen LogP contribution is -2.45. The van der Waals surface area contributed by atoms with Gasteiger partial charge in [-0.3, -0.25) is 9.48 Å². The van der Waals surface area contributed by atoms with Crippen molar-refractivity contribution in [2.75, 3.05) is 30.9 Å². The number of rotatable bonds is 3. The second-order valence-corrected chi connectivity index (χ2v) is 15.8. The van der Waals surface area contributed by atoms with Crippen LogP contribution in [-0.2, 0) is 46.1 Å². The van der Waals surface area contributed by atoms with Crippen LogP contribution < -0.4 is 19.9 Å². The number of carbonyl (C=O) groups excluding carboxylic acids is 1. The molecule has 1 amide bonds. The number of hydrogen-bond donors (Lipinski definition) is 1. The zero-order chi connectivity index (χ0) is 36.2. The number of benzene rings is 2. The third-order valence-corrected chi connectivity index (χ3v) is 12.1. The number of aromatic nitrogens is 4. The number of allylic oxidation sites excluding steroid dienone is 1. The van der Waals surface area contributed by atoms with Gasteiger partial charge >= 0.3 is 0 Å². The molecule has 2 aliphatic heterocycles. The van der Waals surface area contributed by atoms with Gasteiger partial charge < -0.3 is 28.7 Å². The second-order valence-electron chi connectivity index (χ2n) is 14.0. The number of aryl methyl sites for hydroxylation is 2. The molecule has 2 bridgehead atoms. The minimum atomic E-state index is -1.90. The van der Waals surface area contributed by atoms with E-state index in [0.717, 1.165) is 30.0 Å². The molecule has 2 aromatic heterocycles. The highest BCUT2D eigenvalue weighted by Gasteiger charge is 2.27. The fraction of sp³-hybridized carbons (Fsp3) is 0.474. The predicted octanol–water partition coefficient (Wildman–Crippen LogP) is 6.45. The molecule has 272 valence electrons. The molecule has 0 spiro atoms. The van der Waals surface area contributed by atoms with Gasteiger partial charge in [-0.25, -0.2) is 4.57 Å². The molecular weight excluding hydrogens is 686 g/mol. The van der Waals surface area contributed by atoms with E-state index < -0.39 is 21.8 Å². The van der Waals surface area contributed by atoms with Crippen molar-refractivity contribution in [2.45, 2.75) is 70.9 Å². The number of nitrogens with two attached hydrogens (primary N) is 1. The predicted molar refractivity (Wildman–Crippen MR) is 201 cm³/mol. The molecule has 2 aromatic carbocycles. The fourth-order valence-electron chi connectivity index (χ4n) is 7.02. The Morgan fingerprint density at radius 2 is 1.94 bits per heavy atom. The SMILES string of the molecule is CO[C@H]1/C=C/C[C@H](C)[C@@H](C[n+]2cnc3nn(C)cc3c2N)[S-](=O)=NC(=O)c2ccc3c(c2)N(Cc2ccc(Cl)cc2CCCCO3)C[C@H](C)[C@H]1C. The van der Waals surface area contributed by atoms with Gasteiger partial charge in [0.05, 0.1) is 24.9 Å². The molecule has 0 radical (unpaired) electrons. The molecule has 0 fully saturated rings. The first kappa shape index (κ1) is 36.8. The molecule has 2 N–H and O–H groups in total. The normalized spacial score (nSPS) is 24.6. The van der Waals surface area contributed by atoms with Gasteiger partial charge in [0.1, 0.15) is 11.1 Å². The van der Waals surface area contributed by atoms with E-state index in [0.29, 0.717) is 54.3 Å². The van der Waals surface area contributed by atoms with E-state index in [1.807, 2.05) is 38.4 Å². The van der Waals surface area contributed by atoms with Crippen molar-refractivity contribution in [1.82, 2.24) is 14.8 Å². The highest BCUT2D eigenvalue weighted by Crippen LogP contribution is 2.35. The summed E-state index contributed by atoms with van der Waals surface area (Å²) in [6.07, 6.45) is 10.8. The molecule has 11 nitrogen and oxygen atoms in total. The Kier molecular flexibility index (Phi) is 11.6. The first-order valence-electron chi connectivity index (χ1n) is 17.6. The monoisotopic (exact) mass is 733 g/mol. The summed E-state index contributed by atoms with van der Waals surface area (Å²) in [5.41, 5.74) is 10.6. The van der Waals surface area contributed by atoms with Gasteiger partial charge in [-0.15, -0.1) is 5.10 Å². The average Bonchev–Trinajstić information content (AvgIpc) is 3.49.